The Morgan fingerprint density at radius 1 is 0.500 bits per heavy atom. The fourth-order valence-corrected chi connectivity index (χ4v) is 8.80. The zero-order chi connectivity index (χ0) is 19.9. The van der Waals surface area contributed by atoms with E-state index in [0.29, 0.717) is 5.66 Å². The van der Waals surface area contributed by atoms with Gasteiger partial charge in [-0.15, -0.1) is 5.66 Å². The normalized spacial score (nSPS) is 11.8. The Hall–Kier alpha value is -1.60. The molecule has 0 aromatic heterocycles. The van der Waals surface area contributed by atoms with E-state index in [1.807, 2.05) is 0 Å². The van der Waals surface area contributed by atoms with Crippen molar-refractivity contribution in [3.05, 3.63) is 127 Å². The van der Waals surface area contributed by atoms with Gasteiger partial charge in [-0.25, -0.2) is 7.92 Å². The molecule has 4 aromatic carbocycles. The summed E-state index contributed by atoms with van der Waals surface area (Å²) in [5.74, 6) is 0. The zero-order valence-electron chi connectivity index (χ0n) is 16.9. The molecule has 0 heterocycles. The minimum absolute atomic E-state index is 0. The molecule has 4 rings (SSSR count). The Balaban J connectivity index is 0.00000256. The molecule has 0 aliphatic rings. The fraction of sp³-hybridized carbons (Fsp3) is 0.0741. The average molecular weight is 518 g/mol. The first-order chi connectivity index (χ1) is 14.3. The minimum Gasteiger partial charge on any atom is -0.286 e. The summed E-state index contributed by atoms with van der Waals surface area (Å²) in [7, 11) is -0.977. The van der Waals surface area contributed by atoms with Gasteiger partial charge in [0.05, 0.1) is 0 Å². The standard InChI is InChI=1S/C27H25P2.Pd/c1-23(29(26-18-10-4-11-19-26)27-20-12-5-13-21-27)22-28(24-14-6-2-7-15-24)25-16-8-3-9-17-25;/h2-23H,1H3;/q-1;. The summed E-state index contributed by atoms with van der Waals surface area (Å²) in [6, 6.07) is 43.9. The van der Waals surface area contributed by atoms with E-state index in [1.54, 1.807) is 0 Å². The smallest absolute Gasteiger partial charge is 0 e. The van der Waals surface area contributed by atoms with E-state index in [2.05, 4.69) is 134 Å². The van der Waals surface area contributed by atoms with Crippen molar-refractivity contribution in [2.75, 3.05) is 0 Å². The van der Waals surface area contributed by atoms with Crippen LogP contribution in [0.15, 0.2) is 121 Å². The second kappa shape index (κ2) is 11.7. The molecule has 1 unspecified atom stereocenters. The molecule has 0 radical (unpaired) electrons. The first kappa shape index (κ1) is 23.1. The Kier molecular flexibility index (Phi) is 9.00. The maximum Gasteiger partial charge on any atom is 0 e. The number of hydrogen-bond donors (Lipinski definition) is 0. The molecule has 154 valence electrons. The molecule has 0 spiro atoms. The van der Waals surface area contributed by atoms with Gasteiger partial charge in [0.15, 0.2) is 0 Å². The molecule has 3 heteroatoms. The Morgan fingerprint density at radius 2 is 0.800 bits per heavy atom. The summed E-state index contributed by atoms with van der Waals surface area (Å²) in [4.78, 5) is 0. The van der Waals surface area contributed by atoms with Crippen LogP contribution >= 0.6 is 15.8 Å². The van der Waals surface area contributed by atoms with Crippen molar-refractivity contribution < 1.29 is 20.4 Å². The second-order valence-corrected chi connectivity index (χ2v) is 11.6. The van der Waals surface area contributed by atoms with Crippen molar-refractivity contribution in [3.63, 3.8) is 0 Å². The van der Waals surface area contributed by atoms with Gasteiger partial charge in [-0.1, -0.05) is 147 Å². The Labute approximate surface area is 196 Å². The molecule has 0 nitrogen and oxygen atoms in total. The third-order valence-electron chi connectivity index (χ3n) is 4.91. The molecule has 0 aliphatic heterocycles. The molecule has 0 saturated carbocycles. The van der Waals surface area contributed by atoms with Crippen LogP contribution in [0.25, 0.3) is 0 Å². The SMILES string of the molecule is CC([CH-]P(c1ccccc1)c1ccccc1)P(c1ccccc1)c1ccccc1.[Pd]. The van der Waals surface area contributed by atoms with E-state index in [-0.39, 0.29) is 20.4 Å². The summed E-state index contributed by atoms with van der Waals surface area (Å²) in [5.41, 5.74) is 0.460. The molecule has 30 heavy (non-hydrogen) atoms. The third kappa shape index (κ3) is 5.76. The van der Waals surface area contributed by atoms with Crippen LogP contribution in [0.1, 0.15) is 6.92 Å². The summed E-state index contributed by atoms with van der Waals surface area (Å²) in [5, 5.41) is 5.70. The van der Waals surface area contributed by atoms with Gasteiger partial charge in [-0.2, -0.15) is 0 Å². The van der Waals surface area contributed by atoms with Crippen LogP contribution in [0.2, 0.25) is 0 Å². The molecule has 1 atom stereocenters. The van der Waals surface area contributed by atoms with Crippen LogP contribution in [0.4, 0.5) is 0 Å². The summed E-state index contributed by atoms with van der Waals surface area (Å²) in [6.45, 7) is 2.40. The van der Waals surface area contributed by atoms with E-state index in [1.165, 1.54) is 21.2 Å². The monoisotopic (exact) mass is 517 g/mol. The number of hydrogen-bond acceptors (Lipinski definition) is 0. The van der Waals surface area contributed by atoms with E-state index in [0.717, 1.165) is 0 Å². The maximum absolute atomic E-state index is 2.62. The summed E-state index contributed by atoms with van der Waals surface area (Å²) in [6.07, 6.45) is 2.62. The summed E-state index contributed by atoms with van der Waals surface area (Å²) >= 11 is 0. The average Bonchev–Trinajstić information content (AvgIpc) is 2.80. The molecular weight excluding hydrogens is 493 g/mol. The number of benzene rings is 4. The van der Waals surface area contributed by atoms with E-state index < -0.39 is 15.8 Å². The van der Waals surface area contributed by atoms with Gasteiger partial charge in [0.2, 0.25) is 0 Å². The maximum atomic E-state index is 2.62. The Bertz CT molecular complexity index is 913. The van der Waals surface area contributed by atoms with Crippen LogP contribution in [-0.4, -0.2) is 5.66 Å². The van der Waals surface area contributed by atoms with Gasteiger partial charge in [-0.3, -0.25) is 6.16 Å². The van der Waals surface area contributed by atoms with Crippen molar-refractivity contribution in [2.24, 2.45) is 0 Å². The molecule has 0 amide bonds. The van der Waals surface area contributed by atoms with Gasteiger partial charge in [0.25, 0.3) is 0 Å². The molecule has 4 aromatic rings. The Morgan fingerprint density at radius 3 is 1.13 bits per heavy atom. The molecular formula is C27H25P2Pd-. The van der Waals surface area contributed by atoms with Crippen LogP contribution in [0.5, 0.6) is 0 Å². The first-order valence-electron chi connectivity index (χ1n) is 9.96. The molecule has 0 aliphatic carbocycles. The molecule has 0 saturated heterocycles. The van der Waals surface area contributed by atoms with Gasteiger partial charge in [0.1, 0.15) is 0 Å². The van der Waals surface area contributed by atoms with Crippen molar-refractivity contribution >= 4 is 37.1 Å². The van der Waals surface area contributed by atoms with Gasteiger partial charge in [0, 0.05) is 20.4 Å². The van der Waals surface area contributed by atoms with E-state index >= 15 is 0 Å². The molecule has 0 bridgehead atoms. The van der Waals surface area contributed by atoms with Crippen molar-refractivity contribution in [2.45, 2.75) is 12.6 Å². The molecule has 0 N–H and O–H groups in total. The van der Waals surface area contributed by atoms with Crippen LogP contribution in [0.3, 0.4) is 0 Å². The van der Waals surface area contributed by atoms with Crippen LogP contribution < -0.4 is 21.2 Å². The predicted octanol–water partition coefficient (Wildman–Crippen LogP) is 5.80. The van der Waals surface area contributed by atoms with Gasteiger partial charge in [-0.05, 0) is 10.6 Å². The van der Waals surface area contributed by atoms with E-state index in [4.69, 9.17) is 0 Å². The molecule has 0 fully saturated rings. The van der Waals surface area contributed by atoms with Crippen LogP contribution in [0, 0.1) is 6.16 Å². The van der Waals surface area contributed by atoms with Gasteiger partial charge >= 0.3 is 0 Å². The zero-order valence-corrected chi connectivity index (χ0v) is 20.3. The van der Waals surface area contributed by atoms with Crippen molar-refractivity contribution in [3.8, 4) is 0 Å². The minimum atomic E-state index is -0.512. The largest absolute Gasteiger partial charge is 0.286 e. The quantitative estimate of drug-likeness (QED) is 0.165. The van der Waals surface area contributed by atoms with E-state index in [9.17, 15) is 0 Å². The third-order valence-corrected chi connectivity index (χ3v) is 10.3. The summed E-state index contributed by atoms with van der Waals surface area (Å²) < 4.78 is 0. The first-order valence-corrected chi connectivity index (χ1v) is 12.8. The topological polar surface area (TPSA) is 0 Å². The van der Waals surface area contributed by atoms with Gasteiger partial charge < -0.3 is 0 Å². The predicted molar refractivity (Wildman–Crippen MR) is 132 cm³/mol. The fourth-order valence-electron chi connectivity index (χ4n) is 3.58. The van der Waals surface area contributed by atoms with Crippen molar-refractivity contribution in [1.82, 2.24) is 0 Å². The number of rotatable bonds is 7. The van der Waals surface area contributed by atoms with Crippen molar-refractivity contribution in [1.29, 1.82) is 0 Å². The second-order valence-electron chi connectivity index (χ2n) is 6.97. The van der Waals surface area contributed by atoms with Crippen LogP contribution in [-0.2, 0) is 20.4 Å².